The number of benzene rings is 1. The van der Waals surface area contributed by atoms with E-state index < -0.39 is 0 Å². The Balaban J connectivity index is 1.39. The first-order valence-corrected chi connectivity index (χ1v) is 12.3. The Morgan fingerprint density at radius 1 is 1.19 bits per heavy atom. The van der Waals surface area contributed by atoms with Gasteiger partial charge in [-0.2, -0.15) is 5.10 Å². The van der Waals surface area contributed by atoms with Gasteiger partial charge in [0, 0.05) is 24.7 Å². The number of thioether (sulfide) groups is 1. The van der Waals surface area contributed by atoms with Crippen LogP contribution >= 0.6 is 23.4 Å². The summed E-state index contributed by atoms with van der Waals surface area (Å²) in [6.45, 7) is 5.01. The van der Waals surface area contributed by atoms with Gasteiger partial charge in [0.1, 0.15) is 11.6 Å². The second-order valence-corrected chi connectivity index (χ2v) is 9.18. The zero-order valence-corrected chi connectivity index (χ0v) is 19.7. The summed E-state index contributed by atoms with van der Waals surface area (Å²) in [7, 11) is 0. The van der Waals surface area contributed by atoms with E-state index in [1.54, 1.807) is 36.0 Å². The molecular weight excluding hydrogens is 448 g/mol. The number of anilines is 1. The molecule has 3 heterocycles. The van der Waals surface area contributed by atoms with E-state index in [4.69, 9.17) is 26.3 Å². The van der Waals surface area contributed by atoms with E-state index >= 15 is 0 Å². The summed E-state index contributed by atoms with van der Waals surface area (Å²) in [5.74, 6) is 2.29. The molecule has 170 valence electrons. The number of fused-ring (bicyclic) bond motifs is 1. The molecule has 1 aliphatic heterocycles. The zero-order chi connectivity index (χ0) is 22.3. The SMILES string of the molecule is CCSc1nc(N2CCCCC2)c2cnn(CCNC(=O)COc3ccc(Cl)cc3)c2n1. The Labute approximate surface area is 196 Å². The van der Waals surface area contributed by atoms with Gasteiger partial charge in [0.05, 0.1) is 18.1 Å². The van der Waals surface area contributed by atoms with Crippen molar-refractivity contribution in [2.24, 2.45) is 0 Å². The van der Waals surface area contributed by atoms with Gasteiger partial charge in [-0.15, -0.1) is 0 Å². The highest BCUT2D eigenvalue weighted by Gasteiger charge is 2.20. The smallest absolute Gasteiger partial charge is 0.258 e. The minimum absolute atomic E-state index is 0.0555. The van der Waals surface area contributed by atoms with E-state index in [0.717, 1.165) is 40.9 Å². The Kier molecular flexibility index (Phi) is 7.70. The second-order valence-electron chi connectivity index (χ2n) is 7.51. The molecule has 1 amide bonds. The van der Waals surface area contributed by atoms with Crippen LogP contribution in [0.1, 0.15) is 26.2 Å². The lowest BCUT2D eigenvalue weighted by atomic mass is 10.1. The molecule has 0 unspecified atom stereocenters. The molecule has 0 radical (unpaired) electrons. The molecule has 0 saturated carbocycles. The number of piperidine rings is 1. The molecule has 0 aliphatic carbocycles. The highest BCUT2D eigenvalue weighted by Crippen LogP contribution is 2.29. The first kappa shape index (κ1) is 22.7. The van der Waals surface area contributed by atoms with Gasteiger partial charge in [-0.3, -0.25) is 4.79 Å². The predicted octanol–water partition coefficient (Wildman–Crippen LogP) is 3.78. The van der Waals surface area contributed by atoms with Gasteiger partial charge in [-0.25, -0.2) is 14.6 Å². The number of nitrogens with one attached hydrogen (secondary N) is 1. The number of amides is 1. The van der Waals surface area contributed by atoms with Gasteiger partial charge in [-0.1, -0.05) is 30.3 Å². The molecule has 1 saturated heterocycles. The van der Waals surface area contributed by atoms with Crippen LogP contribution in [0.2, 0.25) is 5.02 Å². The Bertz CT molecular complexity index is 1050. The van der Waals surface area contributed by atoms with Crippen LogP contribution in [0.5, 0.6) is 5.75 Å². The van der Waals surface area contributed by atoms with Crippen LogP contribution < -0.4 is 15.0 Å². The van der Waals surface area contributed by atoms with Crippen molar-refractivity contribution < 1.29 is 9.53 Å². The number of nitrogens with zero attached hydrogens (tertiary/aromatic N) is 5. The van der Waals surface area contributed by atoms with Crippen LogP contribution in [0.15, 0.2) is 35.6 Å². The largest absolute Gasteiger partial charge is 0.484 e. The zero-order valence-electron chi connectivity index (χ0n) is 18.1. The molecular formula is C22H27ClN6O2S. The number of hydrogen-bond donors (Lipinski definition) is 1. The van der Waals surface area contributed by atoms with E-state index in [9.17, 15) is 4.79 Å². The van der Waals surface area contributed by atoms with Crippen molar-refractivity contribution in [2.75, 3.05) is 36.9 Å². The van der Waals surface area contributed by atoms with E-state index in [1.807, 2.05) is 10.9 Å². The summed E-state index contributed by atoms with van der Waals surface area (Å²) in [6, 6.07) is 6.92. The number of ether oxygens (including phenoxy) is 1. The van der Waals surface area contributed by atoms with Gasteiger partial charge in [0.15, 0.2) is 17.4 Å². The molecule has 3 aromatic rings. The fraction of sp³-hybridized carbons (Fsp3) is 0.455. The molecule has 1 aromatic carbocycles. The van der Waals surface area contributed by atoms with Crippen LogP contribution in [-0.2, 0) is 11.3 Å². The van der Waals surface area contributed by atoms with E-state index in [0.29, 0.717) is 23.9 Å². The van der Waals surface area contributed by atoms with Crippen LogP contribution in [0.25, 0.3) is 11.0 Å². The first-order valence-electron chi connectivity index (χ1n) is 10.9. The molecule has 4 rings (SSSR count). The normalized spacial score (nSPS) is 14.0. The molecule has 0 bridgehead atoms. The second kappa shape index (κ2) is 10.9. The Morgan fingerprint density at radius 3 is 2.72 bits per heavy atom. The summed E-state index contributed by atoms with van der Waals surface area (Å²) in [5, 5.41) is 9.76. The van der Waals surface area contributed by atoms with Crippen molar-refractivity contribution in [3.63, 3.8) is 0 Å². The highest BCUT2D eigenvalue weighted by molar-refractivity contribution is 7.99. The minimum Gasteiger partial charge on any atom is -0.484 e. The van der Waals surface area contributed by atoms with E-state index in [1.165, 1.54) is 19.3 Å². The topological polar surface area (TPSA) is 85.2 Å². The summed E-state index contributed by atoms with van der Waals surface area (Å²) in [5.41, 5.74) is 0.809. The van der Waals surface area contributed by atoms with Crippen molar-refractivity contribution in [3.05, 3.63) is 35.5 Å². The average Bonchev–Trinajstić information content (AvgIpc) is 3.22. The fourth-order valence-corrected chi connectivity index (χ4v) is 4.34. The minimum atomic E-state index is -0.192. The van der Waals surface area contributed by atoms with Gasteiger partial charge in [0.25, 0.3) is 5.91 Å². The summed E-state index contributed by atoms with van der Waals surface area (Å²) in [4.78, 5) is 24.1. The van der Waals surface area contributed by atoms with Gasteiger partial charge >= 0.3 is 0 Å². The maximum absolute atomic E-state index is 12.1. The third-order valence-electron chi connectivity index (χ3n) is 5.21. The van der Waals surface area contributed by atoms with Gasteiger partial charge in [-0.05, 0) is 49.3 Å². The third kappa shape index (κ3) is 5.63. The Hall–Kier alpha value is -2.52. The van der Waals surface area contributed by atoms with Crippen LogP contribution in [0, 0.1) is 0 Å². The molecule has 0 spiro atoms. The molecule has 2 aromatic heterocycles. The standard InChI is InChI=1S/C22H27ClN6O2S/c1-2-32-22-26-20(28-11-4-3-5-12-28)18-14-25-29(21(18)27-22)13-10-24-19(30)15-31-17-8-6-16(23)7-9-17/h6-9,14H,2-5,10-13,15H2,1H3,(H,24,30). The fourth-order valence-electron chi connectivity index (χ4n) is 3.66. The van der Waals surface area contributed by atoms with Crippen LogP contribution in [-0.4, -0.2) is 57.6 Å². The monoisotopic (exact) mass is 474 g/mol. The van der Waals surface area contributed by atoms with Gasteiger partial charge < -0.3 is 15.0 Å². The molecule has 1 fully saturated rings. The van der Waals surface area contributed by atoms with Crippen molar-refractivity contribution in [1.82, 2.24) is 25.1 Å². The highest BCUT2D eigenvalue weighted by atomic mass is 35.5. The van der Waals surface area contributed by atoms with Crippen molar-refractivity contribution >= 4 is 46.1 Å². The van der Waals surface area contributed by atoms with Crippen molar-refractivity contribution in [2.45, 2.75) is 37.9 Å². The van der Waals surface area contributed by atoms with Gasteiger partial charge in [0.2, 0.25) is 0 Å². The molecule has 8 nitrogen and oxygen atoms in total. The molecule has 10 heteroatoms. The number of carbonyl (C=O) groups excluding carboxylic acids is 1. The molecule has 1 aliphatic rings. The molecule has 32 heavy (non-hydrogen) atoms. The summed E-state index contributed by atoms with van der Waals surface area (Å²) in [6.07, 6.45) is 5.47. The lowest BCUT2D eigenvalue weighted by Gasteiger charge is -2.28. The lowest BCUT2D eigenvalue weighted by Crippen LogP contribution is -2.32. The quantitative estimate of drug-likeness (QED) is 0.373. The van der Waals surface area contributed by atoms with Crippen molar-refractivity contribution in [3.8, 4) is 5.75 Å². The van der Waals surface area contributed by atoms with Crippen LogP contribution in [0.4, 0.5) is 5.82 Å². The van der Waals surface area contributed by atoms with Crippen molar-refractivity contribution in [1.29, 1.82) is 0 Å². The van der Waals surface area contributed by atoms with E-state index in [2.05, 4.69) is 22.2 Å². The predicted molar refractivity (Wildman–Crippen MR) is 128 cm³/mol. The average molecular weight is 475 g/mol. The number of halogens is 1. The summed E-state index contributed by atoms with van der Waals surface area (Å²) >= 11 is 7.49. The third-order valence-corrected chi connectivity index (χ3v) is 6.20. The van der Waals surface area contributed by atoms with E-state index in [-0.39, 0.29) is 12.5 Å². The number of carbonyl (C=O) groups is 1. The molecule has 0 atom stereocenters. The first-order chi connectivity index (χ1) is 15.6. The number of rotatable bonds is 9. The van der Waals surface area contributed by atoms with Crippen LogP contribution in [0.3, 0.4) is 0 Å². The number of hydrogen-bond acceptors (Lipinski definition) is 7. The molecule has 1 N–H and O–H groups in total. The lowest BCUT2D eigenvalue weighted by molar-refractivity contribution is -0.123. The Morgan fingerprint density at radius 2 is 1.97 bits per heavy atom. The maximum atomic E-state index is 12.1. The maximum Gasteiger partial charge on any atom is 0.258 e. The number of aromatic nitrogens is 4. The summed E-state index contributed by atoms with van der Waals surface area (Å²) < 4.78 is 7.32.